The maximum Gasteiger partial charge on any atom is 0.326 e. The molecule has 8 N–H and O–H groups in total. The predicted molar refractivity (Wildman–Crippen MR) is 130 cm³/mol. The molecular weight excluding hydrogens is 468 g/mol. The van der Waals surface area contributed by atoms with E-state index in [0.717, 1.165) is 0 Å². The van der Waals surface area contributed by atoms with E-state index in [1.165, 1.54) is 6.92 Å². The van der Waals surface area contributed by atoms with Crippen molar-refractivity contribution in [2.45, 2.75) is 50.0 Å². The number of aliphatic carboxylic acids is 1. The molecule has 5 unspecified atom stereocenters. The number of benzene rings is 2. The van der Waals surface area contributed by atoms with Gasteiger partial charge in [0, 0.05) is 12.8 Å². The molecule has 36 heavy (non-hydrogen) atoms. The minimum Gasteiger partial charge on any atom is -0.480 e. The summed E-state index contributed by atoms with van der Waals surface area (Å²) in [6, 6.07) is 12.2. The molecule has 0 spiro atoms. The van der Waals surface area contributed by atoms with Crippen LogP contribution < -0.4 is 21.7 Å². The Morgan fingerprint density at radius 1 is 0.778 bits per heavy atom. The fourth-order valence-electron chi connectivity index (χ4n) is 3.39. The second-order valence-electron chi connectivity index (χ2n) is 8.36. The number of hydrogen-bond acceptors (Lipinski definition) is 7. The summed E-state index contributed by atoms with van der Waals surface area (Å²) in [5, 5.41) is 36.0. The molecule has 194 valence electrons. The minimum atomic E-state index is -1.47. The number of hydrogen-bond donors (Lipinski definition) is 7. The summed E-state index contributed by atoms with van der Waals surface area (Å²) < 4.78 is 0. The number of aliphatic hydroxyl groups excluding tert-OH is 2. The molecule has 2 aromatic carbocycles. The largest absolute Gasteiger partial charge is 0.480 e. The summed E-state index contributed by atoms with van der Waals surface area (Å²) in [5.74, 6) is -3.74. The Balaban J connectivity index is 2.23. The molecule has 3 amide bonds. The number of carbonyl (C=O) groups excluding carboxylic acids is 3. The molecule has 2 aromatic rings. The first-order valence-corrected chi connectivity index (χ1v) is 11.4. The Kier molecular flexibility index (Phi) is 11.0. The third-order valence-corrected chi connectivity index (χ3v) is 5.41. The van der Waals surface area contributed by atoms with Crippen molar-refractivity contribution in [2.75, 3.05) is 6.61 Å². The highest BCUT2D eigenvalue weighted by atomic mass is 16.4. The number of aliphatic hydroxyl groups is 2. The van der Waals surface area contributed by atoms with E-state index < -0.39 is 60.6 Å². The number of rotatable bonds is 13. The molecule has 11 nitrogen and oxygen atoms in total. The van der Waals surface area contributed by atoms with E-state index in [0.29, 0.717) is 11.1 Å². The van der Waals surface area contributed by atoms with Crippen LogP contribution in [0, 0.1) is 0 Å². The van der Waals surface area contributed by atoms with Crippen LogP contribution in [0.3, 0.4) is 0 Å². The molecule has 0 aliphatic heterocycles. The van der Waals surface area contributed by atoms with E-state index >= 15 is 0 Å². The first kappa shape index (κ1) is 28.4. The summed E-state index contributed by atoms with van der Waals surface area (Å²) in [5.41, 5.74) is 6.86. The van der Waals surface area contributed by atoms with E-state index in [2.05, 4.69) is 16.0 Å². The lowest BCUT2D eigenvalue weighted by Crippen LogP contribution is -2.60. The highest BCUT2D eigenvalue weighted by molar-refractivity contribution is 5.94. The predicted octanol–water partition coefficient (Wildman–Crippen LogP) is -1.29. The van der Waals surface area contributed by atoms with Crippen molar-refractivity contribution in [3.8, 4) is 0 Å². The van der Waals surface area contributed by atoms with Crippen molar-refractivity contribution in [3.05, 3.63) is 71.8 Å². The van der Waals surface area contributed by atoms with E-state index in [4.69, 9.17) is 10.8 Å². The number of nitrogens with two attached hydrogens (primary N) is 1. The van der Waals surface area contributed by atoms with Crippen molar-refractivity contribution in [1.29, 1.82) is 0 Å². The fourth-order valence-corrected chi connectivity index (χ4v) is 3.39. The van der Waals surface area contributed by atoms with Crippen molar-refractivity contribution in [2.24, 2.45) is 5.73 Å². The van der Waals surface area contributed by atoms with Crippen LogP contribution in [0.1, 0.15) is 18.1 Å². The molecule has 11 heteroatoms. The van der Waals surface area contributed by atoms with Crippen molar-refractivity contribution < 1.29 is 34.5 Å². The number of carbonyl (C=O) groups is 4. The number of carboxylic acid groups (broad SMARTS) is 1. The summed E-state index contributed by atoms with van der Waals surface area (Å²) in [7, 11) is 0. The topological polar surface area (TPSA) is 191 Å². The summed E-state index contributed by atoms with van der Waals surface area (Å²) in [6.45, 7) is 0.596. The SMILES string of the molecule is CC(O)C(NC(=O)C(N)CO)C(=O)NC(Cc1ccccc1)C(=O)NC(Cc1ccccc1)C(=O)O. The zero-order valence-corrected chi connectivity index (χ0v) is 19.8. The number of carboxylic acids is 1. The normalized spacial score (nSPS) is 15.0. The maximum atomic E-state index is 13.2. The van der Waals surface area contributed by atoms with Crippen LogP contribution in [0.5, 0.6) is 0 Å². The second kappa shape index (κ2) is 13.9. The molecule has 0 fully saturated rings. The summed E-state index contributed by atoms with van der Waals surface area (Å²) in [6.07, 6.45) is -1.31. The summed E-state index contributed by atoms with van der Waals surface area (Å²) in [4.78, 5) is 50.0. The van der Waals surface area contributed by atoms with Crippen LogP contribution >= 0.6 is 0 Å². The first-order chi connectivity index (χ1) is 17.1. The molecule has 0 heterocycles. The Bertz CT molecular complexity index is 1020. The highest BCUT2D eigenvalue weighted by Crippen LogP contribution is 2.08. The van der Waals surface area contributed by atoms with E-state index in [9.17, 15) is 29.4 Å². The van der Waals surface area contributed by atoms with Crippen molar-refractivity contribution in [1.82, 2.24) is 16.0 Å². The number of amides is 3. The van der Waals surface area contributed by atoms with Gasteiger partial charge in [0.25, 0.3) is 0 Å². The molecule has 0 aliphatic carbocycles. The lowest BCUT2D eigenvalue weighted by atomic mass is 10.0. The standard InChI is InChI=1S/C25H32N4O7/c1-15(31)21(29-22(32)18(26)14-30)24(34)27-19(12-16-8-4-2-5-9-16)23(33)28-20(25(35)36)13-17-10-6-3-7-11-17/h2-11,15,18-21,30-31H,12-14,26H2,1H3,(H,27,34)(H,28,33)(H,29,32)(H,35,36). The van der Waals surface area contributed by atoms with Gasteiger partial charge in [-0.2, -0.15) is 0 Å². The molecule has 5 atom stereocenters. The van der Waals surface area contributed by atoms with Gasteiger partial charge in [0.1, 0.15) is 24.2 Å². The lowest BCUT2D eigenvalue weighted by molar-refractivity contribution is -0.142. The second-order valence-corrected chi connectivity index (χ2v) is 8.36. The average Bonchev–Trinajstić information content (AvgIpc) is 2.86. The molecule has 0 saturated carbocycles. The minimum absolute atomic E-state index is 0.0206. The van der Waals surface area contributed by atoms with Crippen LogP contribution in [0.15, 0.2) is 60.7 Å². The zero-order chi connectivity index (χ0) is 26.7. The summed E-state index contributed by atoms with van der Waals surface area (Å²) >= 11 is 0. The third-order valence-electron chi connectivity index (χ3n) is 5.41. The van der Waals surface area contributed by atoms with Gasteiger partial charge in [0.2, 0.25) is 17.7 Å². The van der Waals surface area contributed by atoms with Gasteiger partial charge in [-0.05, 0) is 18.1 Å². The average molecular weight is 501 g/mol. The van der Waals surface area contributed by atoms with Gasteiger partial charge in [0.15, 0.2) is 0 Å². The monoisotopic (exact) mass is 500 g/mol. The highest BCUT2D eigenvalue weighted by Gasteiger charge is 2.32. The molecule has 0 bridgehead atoms. The molecule has 2 rings (SSSR count). The van der Waals surface area contributed by atoms with Crippen LogP contribution in [-0.4, -0.2) is 75.9 Å². The van der Waals surface area contributed by atoms with Crippen LogP contribution in [-0.2, 0) is 32.0 Å². The Morgan fingerprint density at radius 3 is 1.69 bits per heavy atom. The smallest absolute Gasteiger partial charge is 0.326 e. The zero-order valence-electron chi connectivity index (χ0n) is 19.8. The van der Waals surface area contributed by atoms with Crippen LogP contribution in [0.25, 0.3) is 0 Å². The fraction of sp³-hybridized carbons (Fsp3) is 0.360. The van der Waals surface area contributed by atoms with Crippen LogP contribution in [0.4, 0.5) is 0 Å². The number of nitrogens with one attached hydrogen (secondary N) is 3. The van der Waals surface area contributed by atoms with Crippen LogP contribution in [0.2, 0.25) is 0 Å². The van der Waals surface area contributed by atoms with Gasteiger partial charge in [-0.25, -0.2) is 4.79 Å². The Morgan fingerprint density at radius 2 is 1.25 bits per heavy atom. The van der Waals surface area contributed by atoms with Gasteiger partial charge < -0.3 is 37.0 Å². The quantitative estimate of drug-likeness (QED) is 0.177. The Hall–Kier alpha value is -3.80. The van der Waals surface area contributed by atoms with Gasteiger partial charge in [-0.1, -0.05) is 60.7 Å². The van der Waals surface area contributed by atoms with Crippen molar-refractivity contribution >= 4 is 23.7 Å². The van der Waals surface area contributed by atoms with Gasteiger partial charge in [-0.3, -0.25) is 14.4 Å². The van der Waals surface area contributed by atoms with Gasteiger partial charge >= 0.3 is 5.97 Å². The van der Waals surface area contributed by atoms with E-state index in [-0.39, 0.29) is 12.8 Å². The molecular formula is C25H32N4O7. The van der Waals surface area contributed by atoms with Gasteiger partial charge in [-0.15, -0.1) is 0 Å². The van der Waals surface area contributed by atoms with E-state index in [1.54, 1.807) is 60.7 Å². The third kappa shape index (κ3) is 8.77. The first-order valence-electron chi connectivity index (χ1n) is 11.4. The Labute approximate surface area is 208 Å². The van der Waals surface area contributed by atoms with E-state index in [1.807, 2.05) is 0 Å². The van der Waals surface area contributed by atoms with Crippen molar-refractivity contribution in [3.63, 3.8) is 0 Å². The molecule has 0 radical (unpaired) electrons. The maximum absolute atomic E-state index is 13.2. The van der Waals surface area contributed by atoms with Gasteiger partial charge in [0.05, 0.1) is 12.7 Å². The lowest BCUT2D eigenvalue weighted by Gasteiger charge is -2.26. The molecule has 0 saturated heterocycles. The molecule has 0 aromatic heterocycles. The molecule has 0 aliphatic rings.